The molecule has 2 heterocycles. The number of benzene rings is 1. The molecular weight excluding hydrogens is 308 g/mol. The summed E-state index contributed by atoms with van der Waals surface area (Å²) in [6.45, 7) is 4.53. The van der Waals surface area contributed by atoms with Crippen molar-refractivity contribution in [3.05, 3.63) is 47.1 Å². The van der Waals surface area contributed by atoms with Gasteiger partial charge in [-0.25, -0.2) is 4.79 Å². The molecule has 1 amide bonds. The first-order valence-corrected chi connectivity index (χ1v) is 8.03. The van der Waals surface area contributed by atoms with E-state index in [1.54, 1.807) is 29.0 Å². The number of nitrogens with zero attached hydrogens (tertiary/aromatic N) is 3. The van der Waals surface area contributed by atoms with E-state index in [0.717, 1.165) is 18.0 Å². The second-order valence-corrected chi connectivity index (χ2v) is 5.86. The Hall–Kier alpha value is -2.54. The monoisotopic (exact) mass is 330 g/mol. The molecular formula is C17H22N4O3. The van der Waals surface area contributed by atoms with Gasteiger partial charge in [-0.2, -0.15) is 0 Å². The van der Waals surface area contributed by atoms with Crippen LogP contribution in [0.15, 0.2) is 41.5 Å². The van der Waals surface area contributed by atoms with Crippen LogP contribution in [0, 0.1) is 0 Å². The van der Waals surface area contributed by atoms with Crippen molar-refractivity contribution in [1.29, 1.82) is 0 Å². The predicted octanol–water partition coefficient (Wildman–Crippen LogP) is 0.922. The summed E-state index contributed by atoms with van der Waals surface area (Å²) >= 11 is 0. The fraction of sp³-hybridized carbons (Fsp3) is 0.412. The number of hydrogen-bond donors (Lipinski definition) is 1. The number of amides is 1. The van der Waals surface area contributed by atoms with Gasteiger partial charge in [-0.1, -0.05) is 6.07 Å². The van der Waals surface area contributed by atoms with Crippen molar-refractivity contribution in [1.82, 2.24) is 14.5 Å². The molecule has 1 N–H and O–H groups in total. The SMILES string of the molecule is COc1cccc(N2CCN(CCn3cc[nH]c3=O)[C@@H](C)C2=O)c1. The van der Waals surface area contributed by atoms with E-state index in [4.69, 9.17) is 4.74 Å². The molecule has 0 aliphatic carbocycles. The smallest absolute Gasteiger partial charge is 0.325 e. The van der Waals surface area contributed by atoms with Gasteiger partial charge in [0.05, 0.1) is 13.2 Å². The highest BCUT2D eigenvalue weighted by atomic mass is 16.5. The molecule has 1 atom stereocenters. The van der Waals surface area contributed by atoms with E-state index >= 15 is 0 Å². The number of aromatic nitrogens is 2. The Morgan fingerprint density at radius 2 is 2.08 bits per heavy atom. The second kappa shape index (κ2) is 6.92. The minimum Gasteiger partial charge on any atom is -0.497 e. The quantitative estimate of drug-likeness (QED) is 0.885. The van der Waals surface area contributed by atoms with E-state index in [1.807, 2.05) is 31.2 Å². The topological polar surface area (TPSA) is 70.6 Å². The number of anilines is 1. The molecule has 1 saturated heterocycles. The van der Waals surface area contributed by atoms with Gasteiger partial charge in [0.2, 0.25) is 5.91 Å². The van der Waals surface area contributed by atoms with Gasteiger partial charge in [0.1, 0.15) is 5.75 Å². The van der Waals surface area contributed by atoms with Gasteiger partial charge in [0.15, 0.2) is 0 Å². The van der Waals surface area contributed by atoms with Gasteiger partial charge in [0, 0.05) is 50.3 Å². The molecule has 1 aliphatic heterocycles. The summed E-state index contributed by atoms with van der Waals surface area (Å²) < 4.78 is 6.85. The van der Waals surface area contributed by atoms with E-state index in [-0.39, 0.29) is 17.6 Å². The first kappa shape index (κ1) is 16.3. The summed E-state index contributed by atoms with van der Waals surface area (Å²) in [5.41, 5.74) is 0.733. The number of imidazole rings is 1. The number of carbonyl (C=O) groups is 1. The third-order valence-electron chi connectivity index (χ3n) is 4.50. The summed E-state index contributed by atoms with van der Waals surface area (Å²) in [7, 11) is 1.62. The van der Waals surface area contributed by atoms with E-state index in [1.165, 1.54) is 0 Å². The predicted molar refractivity (Wildman–Crippen MR) is 91.4 cm³/mol. The molecule has 0 radical (unpaired) electrons. The lowest BCUT2D eigenvalue weighted by Gasteiger charge is -2.39. The van der Waals surface area contributed by atoms with E-state index in [2.05, 4.69) is 9.88 Å². The zero-order chi connectivity index (χ0) is 17.1. The van der Waals surface area contributed by atoms with E-state index in [9.17, 15) is 9.59 Å². The Labute approximate surface area is 140 Å². The summed E-state index contributed by atoms with van der Waals surface area (Å²) in [6.07, 6.45) is 3.35. The van der Waals surface area contributed by atoms with Crippen molar-refractivity contribution >= 4 is 11.6 Å². The number of hydrogen-bond acceptors (Lipinski definition) is 4. The lowest BCUT2D eigenvalue weighted by atomic mass is 10.1. The van der Waals surface area contributed by atoms with Gasteiger partial charge in [-0.15, -0.1) is 0 Å². The van der Waals surface area contributed by atoms with Crippen molar-refractivity contribution < 1.29 is 9.53 Å². The van der Waals surface area contributed by atoms with Crippen LogP contribution in [0.25, 0.3) is 0 Å². The third-order valence-corrected chi connectivity index (χ3v) is 4.50. The Balaban J connectivity index is 1.67. The minimum atomic E-state index is -0.223. The van der Waals surface area contributed by atoms with E-state index in [0.29, 0.717) is 19.6 Å². The van der Waals surface area contributed by atoms with Gasteiger partial charge in [-0.3, -0.25) is 14.3 Å². The number of ether oxygens (including phenoxy) is 1. The molecule has 24 heavy (non-hydrogen) atoms. The lowest BCUT2D eigenvalue weighted by Crippen LogP contribution is -2.56. The minimum absolute atomic E-state index is 0.0657. The van der Waals surface area contributed by atoms with Crippen LogP contribution >= 0.6 is 0 Å². The Morgan fingerprint density at radius 1 is 1.25 bits per heavy atom. The fourth-order valence-electron chi connectivity index (χ4n) is 3.02. The molecule has 128 valence electrons. The summed E-state index contributed by atoms with van der Waals surface area (Å²) in [4.78, 5) is 30.8. The Morgan fingerprint density at radius 3 is 2.79 bits per heavy atom. The van der Waals surface area contributed by atoms with Crippen molar-refractivity contribution in [3.8, 4) is 5.75 Å². The average molecular weight is 330 g/mol. The first-order valence-electron chi connectivity index (χ1n) is 8.03. The van der Waals surface area contributed by atoms with Crippen LogP contribution in [0.2, 0.25) is 0 Å². The number of piperazine rings is 1. The van der Waals surface area contributed by atoms with Crippen molar-refractivity contribution in [3.63, 3.8) is 0 Å². The fourth-order valence-corrected chi connectivity index (χ4v) is 3.02. The molecule has 1 aromatic carbocycles. The molecule has 1 aliphatic rings. The Bertz CT molecular complexity index is 767. The molecule has 0 bridgehead atoms. The number of nitrogens with one attached hydrogen (secondary N) is 1. The van der Waals surface area contributed by atoms with Crippen LogP contribution in [-0.2, 0) is 11.3 Å². The molecule has 7 nitrogen and oxygen atoms in total. The normalized spacial score (nSPS) is 18.8. The van der Waals surface area contributed by atoms with Crippen LogP contribution in [0.1, 0.15) is 6.92 Å². The van der Waals surface area contributed by atoms with Crippen molar-refractivity contribution in [2.24, 2.45) is 0 Å². The average Bonchev–Trinajstić information content (AvgIpc) is 3.01. The number of carbonyl (C=O) groups excluding carboxylic acids is 1. The van der Waals surface area contributed by atoms with Crippen molar-refractivity contribution in [2.45, 2.75) is 19.5 Å². The van der Waals surface area contributed by atoms with Gasteiger partial charge < -0.3 is 14.6 Å². The molecule has 1 fully saturated rings. The molecule has 3 rings (SSSR count). The third kappa shape index (κ3) is 3.21. The summed E-state index contributed by atoms with van der Waals surface area (Å²) in [5, 5.41) is 0. The first-order chi connectivity index (χ1) is 11.6. The van der Waals surface area contributed by atoms with Crippen molar-refractivity contribution in [2.75, 3.05) is 31.6 Å². The summed E-state index contributed by atoms with van der Waals surface area (Å²) in [6, 6.07) is 7.32. The summed E-state index contributed by atoms with van der Waals surface area (Å²) in [5.74, 6) is 0.804. The zero-order valence-electron chi connectivity index (χ0n) is 13.9. The van der Waals surface area contributed by atoms with Crippen LogP contribution in [0.5, 0.6) is 5.75 Å². The van der Waals surface area contributed by atoms with Gasteiger partial charge in [-0.05, 0) is 19.1 Å². The largest absolute Gasteiger partial charge is 0.497 e. The Kier molecular flexibility index (Phi) is 4.71. The highest BCUT2D eigenvalue weighted by Crippen LogP contribution is 2.24. The van der Waals surface area contributed by atoms with Crippen LogP contribution < -0.4 is 15.3 Å². The molecule has 0 saturated carbocycles. The molecule has 7 heteroatoms. The number of rotatable bonds is 5. The van der Waals surface area contributed by atoms with Gasteiger partial charge in [0.25, 0.3) is 0 Å². The zero-order valence-corrected chi connectivity index (χ0v) is 13.9. The standard InChI is InChI=1S/C17H22N4O3/c1-13-16(22)21(14-4-3-5-15(12-14)24-2)11-10-19(13)8-9-20-7-6-18-17(20)23/h3-7,12-13H,8-11H2,1-2H3,(H,18,23)/t13-/m0/s1. The maximum absolute atomic E-state index is 12.7. The second-order valence-electron chi connectivity index (χ2n) is 5.86. The van der Waals surface area contributed by atoms with Crippen LogP contribution in [0.4, 0.5) is 5.69 Å². The van der Waals surface area contributed by atoms with E-state index < -0.39 is 0 Å². The van der Waals surface area contributed by atoms with Crippen LogP contribution in [0.3, 0.4) is 0 Å². The number of H-pyrrole nitrogens is 1. The van der Waals surface area contributed by atoms with Gasteiger partial charge >= 0.3 is 5.69 Å². The molecule has 2 aromatic rings. The highest BCUT2D eigenvalue weighted by molar-refractivity contribution is 5.97. The molecule has 1 aromatic heterocycles. The number of aromatic amines is 1. The van der Waals surface area contributed by atoms with Crippen LogP contribution in [-0.4, -0.2) is 53.1 Å². The highest BCUT2D eigenvalue weighted by Gasteiger charge is 2.32. The molecule has 0 unspecified atom stereocenters. The maximum atomic E-state index is 12.7. The molecule has 0 spiro atoms. The lowest BCUT2D eigenvalue weighted by molar-refractivity contribution is -0.125. The number of methoxy groups -OCH3 is 1. The maximum Gasteiger partial charge on any atom is 0.325 e.